The monoisotopic (exact) mass is 404 g/mol. The predicted molar refractivity (Wildman–Crippen MR) is 107 cm³/mol. The molecule has 2 aromatic carbocycles. The summed E-state index contributed by atoms with van der Waals surface area (Å²) in [6.07, 6.45) is 0. The number of rotatable bonds is 7. The first-order valence-electron chi connectivity index (χ1n) is 8.94. The van der Waals surface area contributed by atoms with E-state index < -0.39 is 0 Å². The van der Waals surface area contributed by atoms with Crippen molar-refractivity contribution in [3.05, 3.63) is 41.4 Å². The van der Waals surface area contributed by atoms with E-state index in [9.17, 15) is 9.59 Å². The zero-order valence-electron chi connectivity index (χ0n) is 15.7. The molecule has 0 aliphatic carbocycles. The van der Waals surface area contributed by atoms with Crippen molar-refractivity contribution >= 4 is 34.8 Å². The van der Waals surface area contributed by atoms with Crippen LogP contribution in [0.5, 0.6) is 17.2 Å². The van der Waals surface area contributed by atoms with E-state index in [1.165, 1.54) is 4.90 Å². The van der Waals surface area contributed by atoms with E-state index in [0.717, 1.165) is 0 Å². The van der Waals surface area contributed by atoms with Gasteiger partial charge < -0.3 is 19.5 Å². The van der Waals surface area contributed by atoms with Crippen LogP contribution in [0.4, 0.5) is 11.4 Å². The van der Waals surface area contributed by atoms with Crippen LogP contribution in [0.1, 0.15) is 13.8 Å². The summed E-state index contributed by atoms with van der Waals surface area (Å²) in [5, 5.41) is 3.25. The van der Waals surface area contributed by atoms with Crippen LogP contribution in [0.3, 0.4) is 0 Å². The zero-order valence-corrected chi connectivity index (χ0v) is 16.4. The Kier molecular flexibility index (Phi) is 6.26. The highest BCUT2D eigenvalue weighted by Gasteiger charge is 2.28. The standard InChI is InChI=1S/C20H21ClN2O5/c1-3-26-14-6-8-17(27-4-2)15(10-14)22-19(24)11-23-16-9-13(21)5-7-18(16)28-12-20(23)25/h5-10H,3-4,11-12H2,1-2H3,(H,22,24). The van der Waals surface area contributed by atoms with Gasteiger partial charge in [-0.2, -0.15) is 0 Å². The highest BCUT2D eigenvalue weighted by molar-refractivity contribution is 6.31. The minimum Gasteiger partial charge on any atom is -0.494 e. The third kappa shape index (κ3) is 4.48. The molecule has 0 bridgehead atoms. The van der Waals surface area contributed by atoms with Crippen molar-refractivity contribution in [3.63, 3.8) is 0 Å². The number of carbonyl (C=O) groups is 2. The summed E-state index contributed by atoms with van der Waals surface area (Å²) >= 11 is 6.03. The van der Waals surface area contributed by atoms with Gasteiger partial charge in [0.1, 0.15) is 23.8 Å². The number of nitrogens with zero attached hydrogens (tertiary/aromatic N) is 1. The molecule has 0 unspecified atom stereocenters. The number of benzene rings is 2. The molecule has 3 rings (SSSR count). The van der Waals surface area contributed by atoms with Crippen molar-refractivity contribution in [3.8, 4) is 17.2 Å². The second-order valence-electron chi connectivity index (χ2n) is 5.95. The molecule has 7 nitrogen and oxygen atoms in total. The number of fused-ring (bicyclic) bond motifs is 1. The SMILES string of the molecule is CCOc1ccc(OCC)c(NC(=O)CN2C(=O)COc3ccc(Cl)cc32)c1. The third-order valence-corrected chi connectivity index (χ3v) is 4.24. The topological polar surface area (TPSA) is 77.1 Å². The second-order valence-corrected chi connectivity index (χ2v) is 6.39. The quantitative estimate of drug-likeness (QED) is 0.764. The lowest BCUT2D eigenvalue weighted by atomic mass is 10.2. The lowest BCUT2D eigenvalue weighted by Gasteiger charge is -2.29. The molecule has 0 aromatic heterocycles. The van der Waals surface area contributed by atoms with Crippen LogP contribution in [0, 0.1) is 0 Å². The molecule has 2 amide bonds. The molecular weight excluding hydrogens is 384 g/mol. The minimum absolute atomic E-state index is 0.133. The van der Waals surface area contributed by atoms with Gasteiger partial charge in [0, 0.05) is 11.1 Å². The highest BCUT2D eigenvalue weighted by atomic mass is 35.5. The van der Waals surface area contributed by atoms with E-state index in [4.69, 9.17) is 25.8 Å². The van der Waals surface area contributed by atoms with Crippen LogP contribution in [0.25, 0.3) is 0 Å². The normalized spacial score (nSPS) is 12.8. The summed E-state index contributed by atoms with van der Waals surface area (Å²) < 4.78 is 16.4. The Labute approximate surface area is 168 Å². The van der Waals surface area contributed by atoms with Gasteiger partial charge in [0.25, 0.3) is 5.91 Å². The van der Waals surface area contributed by atoms with Crippen molar-refractivity contribution in [1.29, 1.82) is 0 Å². The first kappa shape index (κ1) is 19.8. The van der Waals surface area contributed by atoms with Gasteiger partial charge in [0.15, 0.2) is 6.61 Å². The molecule has 0 saturated carbocycles. The van der Waals surface area contributed by atoms with Crippen LogP contribution in [-0.4, -0.2) is 38.2 Å². The van der Waals surface area contributed by atoms with Crippen molar-refractivity contribution < 1.29 is 23.8 Å². The van der Waals surface area contributed by atoms with Gasteiger partial charge in [-0.25, -0.2) is 0 Å². The maximum atomic E-state index is 12.7. The first-order valence-corrected chi connectivity index (χ1v) is 9.31. The average molecular weight is 405 g/mol. The molecule has 0 atom stereocenters. The molecule has 28 heavy (non-hydrogen) atoms. The lowest BCUT2D eigenvalue weighted by Crippen LogP contribution is -2.43. The fourth-order valence-corrected chi connectivity index (χ4v) is 2.99. The van der Waals surface area contributed by atoms with Crippen molar-refractivity contribution in [1.82, 2.24) is 0 Å². The molecule has 0 radical (unpaired) electrons. The number of carbonyl (C=O) groups excluding carboxylic acids is 2. The highest BCUT2D eigenvalue weighted by Crippen LogP contribution is 2.34. The molecule has 8 heteroatoms. The van der Waals surface area contributed by atoms with E-state index in [1.807, 2.05) is 13.8 Å². The van der Waals surface area contributed by atoms with Crippen molar-refractivity contribution in [2.75, 3.05) is 36.6 Å². The van der Waals surface area contributed by atoms with Gasteiger partial charge in [-0.3, -0.25) is 14.5 Å². The summed E-state index contributed by atoms with van der Waals surface area (Å²) in [6, 6.07) is 10.1. The van der Waals surface area contributed by atoms with Gasteiger partial charge in [0.2, 0.25) is 5.91 Å². The average Bonchev–Trinajstić information content (AvgIpc) is 2.66. The summed E-state index contributed by atoms with van der Waals surface area (Å²) in [4.78, 5) is 26.3. The Morgan fingerprint density at radius 1 is 1.18 bits per heavy atom. The summed E-state index contributed by atoms with van der Waals surface area (Å²) in [5.41, 5.74) is 0.942. The minimum atomic E-state index is -0.379. The lowest BCUT2D eigenvalue weighted by molar-refractivity contribution is -0.123. The number of halogens is 1. The number of hydrogen-bond donors (Lipinski definition) is 1. The van der Waals surface area contributed by atoms with E-state index in [2.05, 4.69) is 5.32 Å². The molecular formula is C20H21ClN2O5. The van der Waals surface area contributed by atoms with Gasteiger partial charge >= 0.3 is 0 Å². The van der Waals surface area contributed by atoms with Gasteiger partial charge in [-0.1, -0.05) is 11.6 Å². The molecule has 148 valence electrons. The maximum Gasteiger partial charge on any atom is 0.265 e. The largest absolute Gasteiger partial charge is 0.494 e. The van der Waals surface area contributed by atoms with Crippen LogP contribution < -0.4 is 24.4 Å². The Morgan fingerprint density at radius 3 is 2.71 bits per heavy atom. The number of nitrogens with one attached hydrogen (secondary N) is 1. The van der Waals surface area contributed by atoms with Crippen molar-refractivity contribution in [2.24, 2.45) is 0 Å². The van der Waals surface area contributed by atoms with Gasteiger partial charge in [-0.15, -0.1) is 0 Å². The summed E-state index contributed by atoms with van der Waals surface area (Å²) in [7, 11) is 0. The van der Waals surface area contributed by atoms with Crippen LogP contribution in [0.15, 0.2) is 36.4 Å². The molecule has 0 spiro atoms. The van der Waals surface area contributed by atoms with Gasteiger partial charge in [0.05, 0.1) is 24.6 Å². The maximum absolute atomic E-state index is 12.7. The first-order chi connectivity index (χ1) is 13.5. The van der Waals surface area contributed by atoms with Crippen LogP contribution in [0.2, 0.25) is 5.02 Å². The van der Waals surface area contributed by atoms with E-state index >= 15 is 0 Å². The fourth-order valence-electron chi connectivity index (χ4n) is 2.83. The van der Waals surface area contributed by atoms with E-state index in [1.54, 1.807) is 36.4 Å². The number of anilines is 2. The molecule has 0 fully saturated rings. The molecule has 1 heterocycles. The molecule has 2 aromatic rings. The molecule has 1 N–H and O–H groups in total. The smallest absolute Gasteiger partial charge is 0.265 e. The zero-order chi connectivity index (χ0) is 20.1. The molecule has 0 saturated heterocycles. The summed E-state index contributed by atoms with van der Waals surface area (Å²) in [5.74, 6) is 0.941. The third-order valence-electron chi connectivity index (χ3n) is 4.00. The summed E-state index contributed by atoms with van der Waals surface area (Å²) in [6.45, 7) is 4.37. The number of ether oxygens (including phenoxy) is 3. The molecule has 1 aliphatic rings. The van der Waals surface area contributed by atoms with E-state index in [-0.39, 0.29) is 25.0 Å². The van der Waals surface area contributed by atoms with Crippen LogP contribution >= 0.6 is 11.6 Å². The Hall–Kier alpha value is -2.93. The Morgan fingerprint density at radius 2 is 1.96 bits per heavy atom. The molecule has 1 aliphatic heterocycles. The van der Waals surface area contributed by atoms with Gasteiger partial charge in [-0.05, 0) is 44.2 Å². The van der Waals surface area contributed by atoms with Crippen LogP contribution in [-0.2, 0) is 9.59 Å². The Bertz CT molecular complexity index is 887. The van der Waals surface area contributed by atoms with E-state index in [0.29, 0.717) is 46.9 Å². The second kappa shape index (κ2) is 8.84. The van der Waals surface area contributed by atoms with Crippen molar-refractivity contribution in [2.45, 2.75) is 13.8 Å². The number of amides is 2. The number of hydrogen-bond acceptors (Lipinski definition) is 5. The predicted octanol–water partition coefficient (Wildman–Crippen LogP) is 3.50. The fraction of sp³-hybridized carbons (Fsp3) is 0.300. The Balaban J connectivity index is 1.80.